The third kappa shape index (κ3) is 3.01. The molecule has 132 valence electrons. The first-order chi connectivity index (χ1) is 12.6. The molecule has 5 nitrogen and oxygen atoms in total. The van der Waals surface area contributed by atoms with Crippen LogP contribution in [0, 0.1) is 13.8 Å². The third-order valence-electron chi connectivity index (χ3n) is 4.99. The van der Waals surface area contributed by atoms with Gasteiger partial charge in [0.15, 0.2) is 0 Å². The van der Waals surface area contributed by atoms with Crippen molar-refractivity contribution in [3.8, 4) is 5.69 Å². The Hall–Kier alpha value is -2.95. The standard InChI is InChI=1S/C21H22N4O/c1-14-8-3-6-13-19(14)25-15(2)22-20(24-25)21(26)23-18-12-7-10-16-9-4-5-11-17(16)18/h3-6,8-9,11,13,18H,7,10,12H2,1-2H3,(H,23,26). The molecule has 0 fully saturated rings. The van der Waals surface area contributed by atoms with Gasteiger partial charge < -0.3 is 5.32 Å². The zero-order valence-corrected chi connectivity index (χ0v) is 15.1. The molecule has 1 atom stereocenters. The number of carbonyl (C=O) groups is 1. The molecule has 0 radical (unpaired) electrons. The number of carbonyl (C=O) groups excluding carboxylic acids is 1. The molecule has 26 heavy (non-hydrogen) atoms. The van der Waals surface area contributed by atoms with Crippen LogP contribution >= 0.6 is 0 Å². The fraction of sp³-hybridized carbons (Fsp3) is 0.286. The number of fused-ring (bicyclic) bond motifs is 1. The molecule has 1 heterocycles. The van der Waals surface area contributed by atoms with Gasteiger partial charge in [-0.1, -0.05) is 42.5 Å². The second-order valence-corrected chi connectivity index (χ2v) is 6.80. The highest BCUT2D eigenvalue weighted by atomic mass is 16.2. The summed E-state index contributed by atoms with van der Waals surface area (Å²) < 4.78 is 1.74. The van der Waals surface area contributed by atoms with Gasteiger partial charge in [-0.15, -0.1) is 5.10 Å². The fourth-order valence-electron chi connectivity index (χ4n) is 3.64. The first-order valence-electron chi connectivity index (χ1n) is 9.02. The molecule has 1 aliphatic rings. The highest BCUT2D eigenvalue weighted by molar-refractivity contribution is 5.90. The van der Waals surface area contributed by atoms with Crippen molar-refractivity contribution in [2.24, 2.45) is 0 Å². The summed E-state index contributed by atoms with van der Waals surface area (Å²) in [5, 5.41) is 7.58. The Bertz CT molecular complexity index is 960. The lowest BCUT2D eigenvalue weighted by molar-refractivity contribution is 0.0922. The molecular formula is C21H22N4O. The van der Waals surface area contributed by atoms with Gasteiger partial charge in [0, 0.05) is 0 Å². The summed E-state index contributed by atoms with van der Waals surface area (Å²) in [7, 11) is 0. The molecule has 0 bridgehead atoms. The zero-order valence-electron chi connectivity index (χ0n) is 15.1. The van der Waals surface area contributed by atoms with Gasteiger partial charge in [0.1, 0.15) is 5.82 Å². The van der Waals surface area contributed by atoms with E-state index in [9.17, 15) is 4.79 Å². The number of benzene rings is 2. The maximum absolute atomic E-state index is 12.8. The van der Waals surface area contributed by atoms with Gasteiger partial charge in [-0.2, -0.15) is 0 Å². The van der Waals surface area contributed by atoms with Crippen LogP contribution in [-0.4, -0.2) is 20.7 Å². The third-order valence-corrected chi connectivity index (χ3v) is 4.99. The highest BCUT2D eigenvalue weighted by Crippen LogP contribution is 2.29. The van der Waals surface area contributed by atoms with Crippen LogP contribution in [-0.2, 0) is 6.42 Å². The van der Waals surface area contributed by atoms with Gasteiger partial charge in [0.05, 0.1) is 11.7 Å². The number of hydrogen-bond acceptors (Lipinski definition) is 3. The summed E-state index contributed by atoms with van der Waals surface area (Å²) in [5.74, 6) is 0.699. The van der Waals surface area contributed by atoms with Crippen LogP contribution in [0.5, 0.6) is 0 Å². The maximum atomic E-state index is 12.8. The molecule has 5 heteroatoms. The van der Waals surface area contributed by atoms with Crippen molar-refractivity contribution >= 4 is 5.91 Å². The number of aryl methyl sites for hydroxylation is 3. The van der Waals surface area contributed by atoms with Crippen LogP contribution < -0.4 is 5.32 Å². The largest absolute Gasteiger partial charge is 0.342 e. The lowest BCUT2D eigenvalue weighted by atomic mass is 9.88. The summed E-state index contributed by atoms with van der Waals surface area (Å²) in [6, 6.07) is 16.3. The Morgan fingerprint density at radius 1 is 1.12 bits per heavy atom. The van der Waals surface area contributed by atoms with Crippen LogP contribution in [0.2, 0.25) is 0 Å². The minimum Gasteiger partial charge on any atom is -0.342 e. The van der Waals surface area contributed by atoms with E-state index in [0.717, 1.165) is 30.5 Å². The predicted octanol–water partition coefficient (Wildman–Crippen LogP) is 3.69. The van der Waals surface area contributed by atoms with Gasteiger partial charge in [0.2, 0.25) is 5.82 Å². The SMILES string of the molecule is Cc1ccccc1-n1nc(C(=O)NC2CCCc3ccccc32)nc1C. The summed E-state index contributed by atoms with van der Waals surface area (Å²) in [6.07, 6.45) is 3.09. The molecule has 1 amide bonds. The Morgan fingerprint density at radius 2 is 1.88 bits per heavy atom. The van der Waals surface area contributed by atoms with Crippen molar-refractivity contribution in [3.05, 3.63) is 76.9 Å². The van der Waals surface area contributed by atoms with Crippen molar-refractivity contribution in [1.82, 2.24) is 20.1 Å². The van der Waals surface area contributed by atoms with Gasteiger partial charge in [-0.05, 0) is 55.9 Å². The Kier molecular flexibility index (Phi) is 4.29. The van der Waals surface area contributed by atoms with Crippen LogP contribution in [0.15, 0.2) is 48.5 Å². The number of aromatic nitrogens is 3. The van der Waals surface area contributed by atoms with Gasteiger partial charge in [0.25, 0.3) is 5.91 Å². The lowest BCUT2D eigenvalue weighted by Gasteiger charge is -2.25. The number of hydrogen-bond donors (Lipinski definition) is 1. The molecule has 0 saturated heterocycles. The smallest absolute Gasteiger partial charge is 0.291 e. The van der Waals surface area contributed by atoms with E-state index in [-0.39, 0.29) is 17.8 Å². The maximum Gasteiger partial charge on any atom is 0.291 e. The van der Waals surface area contributed by atoms with Crippen LogP contribution in [0.3, 0.4) is 0 Å². The molecule has 0 saturated carbocycles. The monoisotopic (exact) mass is 346 g/mol. The van der Waals surface area contributed by atoms with E-state index in [1.54, 1.807) is 4.68 Å². The molecule has 2 aromatic carbocycles. The fourth-order valence-corrected chi connectivity index (χ4v) is 3.64. The van der Waals surface area contributed by atoms with Gasteiger partial charge >= 0.3 is 0 Å². The molecular weight excluding hydrogens is 324 g/mol. The van der Waals surface area contributed by atoms with E-state index >= 15 is 0 Å². The minimum atomic E-state index is -0.220. The second-order valence-electron chi connectivity index (χ2n) is 6.80. The zero-order chi connectivity index (χ0) is 18.1. The molecule has 3 aromatic rings. The number of nitrogens with zero attached hydrogens (tertiary/aromatic N) is 3. The van der Waals surface area contributed by atoms with E-state index in [0.29, 0.717) is 5.82 Å². The molecule has 1 aromatic heterocycles. The minimum absolute atomic E-state index is 0.0261. The Morgan fingerprint density at radius 3 is 2.73 bits per heavy atom. The second kappa shape index (κ2) is 6.75. The number of nitrogens with one attached hydrogen (secondary N) is 1. The number of amides is 1. The van der Waals surface area contributed by atoms with Crippen molar-refractivity contribution < 1.29 is 4.79 Å². The Balaban J connectivity index is 1.59. The van der Waals surface area contributed by atoms with Crippen molar-refractivity contribution in [2.45, 2.75) is 39.2 Å². The van der Waals surface area contributed by atoms with Crippen LogP contribution in [0.25, 0.3) is 5.69 Å². The van der Waals surface area contributed by atoms with Gasteiger partial charge in [-0.3, -0.25) is 4.79 Å². The average Bonchev–Trinajstić information content (AvgIpc) is 3.04. The number of para-hydroxylation sites is 1. The van der Waals surface area contributed by atoms with Crippen LogP contribution in [0.1, 0.15) is 52.0 Å². The molecule has 0 aliphatic heterocycles. The number of rotatable bonds is 3. The van der Waals surface area contributed by atoms with Crippen molar-refractivity contribution in [3.63, 3.8) is 0 Å². The molecule has 1 N–H and O–H groups in total. The predicted molar refractivity (Wildman–Crippen MR) is 100 cm³/mol. The normalized spacial score (nSPS) is 16.2. The summed E-state index contributed by atoms with van der Waals surface area (Å²) in [6.45, 7) is 3.89. The topological polar surface area (TPSA) is 59.8 Å². The first-order valence-corrected chi connectivity index (χ1v) is 9.02. The van der Waals surface area contributed by atoms with E-state index in [1.165, 1.54) is 11.1 Å². The summed E-state index contributed by atoms with van der Waals surface area (Å²) >= 11 is 0. The highest BCUT2D eigenvalue weighted by Gasteiger charge is 2.24. The quantitative estimate of drug-likeness (QED) is 0.787. The van der Waals surface area contributed by atoms with E-state index < -0.39 is 0 Å². The Labute approximate surface area is 153 Å². The summed E-state index contributed by atoms with van der Waals surface area (Å²) in [4.78, 5) is 17.1. The molecule has 0 spiro atoms. The molecule has 4 rings (SSSR count). The molecule has 1 aliphatic carbocycles. The van der Waals surface area contributed by atoms with E-state index in [4.69, 9.17) is 0 Å². The lowest BCUT2D eigenvalue weighted by Crippen LogP contribution is -2.31. The van der Waals surface area contributed by atoms with Gasteiger partial charge in [-0.25, -0.2) is 9.67 Å². The summed E-state index contributed by atoms with van der Waals surface area (Å²) in [5.41, 5.74) is 4.56. The van der Waals surface area contributed by atoms with Crippen molar-refractivity contribution in [1.29, 1.82) is 0 Å². The van der Waals surface area contributed by atoms with E-state index in [1.807, 2.05) is 44.2 Å². The van der Waals surface area contributed by atoms with E-state index in [2.05, 4.69) is 33.6 Å². The average molecular weight is 346 g/mol. The molecule has 1 unspecified atom stereocenters. The van der Waals surface area contributed by atoms with Crippen molar-refractivity contribution in [2.75, 3.05) is 0 Å². The van der Waals surface area contributed by atoms with Crippen LogP contribution in [0.4, 0.5) is 0 Å². The first kappa shape index (κ1) is 16.5.